The van der Waals surface area contributed by atoms with Crippen molar-refractivity contribution in [2.45, 2.75) is 45.8 Å². The predicted molar refractivity (Wildman–Crippen MR) is 112 cm³/mol. The van der Waals surface area contributed by atoms with Crippen LogP contribution >= 0.6 is 11.3 Å². The Balaban J connectivity index is 1.47. The van der Waals surface area contributed by atoms with Gasteiger partial charge in [0.1, 0.15) is 0 Å². The monoisotopic (exact) mass is 397 g/mol. The highest BCUT2D eigenvalue weighted by Crippen LogP contribution is 2.28. The zero-order valence-electron chi connectivity index (χ0n) is 16.5. The summed E-state index contributed by atoms with van der Waals surface area (Å²) < 4.78 is 0. The third kappa shape index (κ3) is 3.71. The molecule has 0 saturated carbocycles. The van der Waals surface area contributed by atoms with Gasteiger partial charge in [-0.25, -0.2) is 0 Å². The molecule has 148 valence electrons. The van der Waals surface area contributed by atoms with Crippen LogP contribution in [0.1, 0.15) is 55.8 Å². The average molecular weight is 398 g/mol. The molecule has 1 aromatic heterocycles. The van der Waals surface area contributed by atoms with Gasteiger partial charge >= 0.3 is 0 Å². The van der Waals surface area contributed by atoms with E-state index in [9.17, 15) is 9.59 Å². The second kappa shape index (κ2) is 8.05. The Morgan fingerprint density at radius 1 is 1.29 bits per heavy atom. The lowest BCUT2D eigenvalue weighted by Gasteiger charge is -2.27. The molecule has 4 rings (SSSR count). The molecule has 0 aliphatic carbocycles. The summed E-state index contributed by atoms with van der Waals surface area (Å²) >= 11 is 1.69. The largest absolute Gasteiger partial charge is 0.347 e. The third-order valence-corrected chi connectivity index (χ3v) is 6.84. The molecule has 2 aliphatic rings. The van der Waals surface area contributed by atoms with Crippen LogP contribution in [0.15, 0.2) is 30.3 Å². The summed E-state index contributed by atoms with van der Waals surface area (Å²) in [6, 6.07) is 10.0. The summed E-state index contributed by atoms with van der Waals surface area (Å²) in [6.07, 6.45) is 2.34. The molecule has 28 heavy (non-hydrogen) atoms. The van der Waals surface area contributed by atoms with E-state index < -0.39 is 0 Å². The first-order valence-electron chi connectivity index (χ1n) is 10.1. The lowest BCUT2D eigenvalue weighted by atomic mass is 10.0. The van der Waals surface area contributed by atoms with E-state index in [4.69, 9.17) is 0 Å². The van der Waals surface area contributed by atoms with E-state index in [-0.39, 0.29) is 11.8 Å². The molecule has 0 spiro atoms. The van der Waals surface area contributed by atoms with Crippen molar-refractivity contribution in [2.75, 3.05) is 19.6 Å². The minimum absolute atomic E-state index is 0.0569. The van der Waals surface area contributed by atoms with Crippen molar-refractivity contribution in [2.24, 2.45) is 0 Å². The van der Waals surface area contributed by atoms with Crippen molar-refractivity contribution in [3.05, 3.63) is 56.8 Å². The quantitative estimate of drug-likeness (QED) is 0.813. The summed E-state index contributed by atoms with van der Waals surface area (Å²) in [6.45, 7) is 8.18. The van der Waals surface area contributed by atoms with Gasteiger partial charge in [-0.05, 0) is 62.7 Å². The van der Waals surface area contributed by atoms with Crippen molar-refractivity contribution >= 4 is 23.2 Å². The number of hydrogen-bond acceptors (Lipinski definition) is 4. The normalized spacial score (nSPS) is 19.3. The maximum Gasteiger partial charge on any atom is 0.254 e. The summed E-state index contributed by atoms with van der Waals surface area (Å²) in [4.78, 5) is 32.5. The van der Waals surface area contributed by atoms with Gasteiger partial charge in [0.2, 0.25) is 0 Å². The first-order valence-corrected chi connectivity index (χ1v) is 10.9. The van der Waals surface area contributed by atoms with E-state index in [1.807, 2.05) is 29.2 Å². The van der Waals surface area contributed by atoms with Crippen molar-refractivity contribution in [1.82, 2.24) is 15.1 Å². The molecule has 2 aromatic rings. The summed E-state index contributed by atoms with van der Waals surface area (Å²) in [5.74, 6) is -0.0462. The Labute approximate surface area is 170 Å². The van der Waals surface area contributed by atoms with Gasteiger partial charge in [0, 0.05) is 40.0 Å². The van der Waals surface area contributed by atoms with Crippen molar-refractivity contribution in [1.29, 1.82) is 0 Å². The van der Waals surface area contributed by atoms with E-state index in [0.29, 0.717) is 30.3 Å². The Hall–Kier alpha value is -2.18. The number of carbonyl (C=O) groups is 2. The number of likely N-dealkylation sites (N-methyl/N-ethyl adjacent to an activating group) is 1. The van der Waals surface area contributed by atoms with Gasteiger partial charge in [0.05, 0.1) is 6.54 Å². The molecule has 5 nitrogen and oxygen atoms in total. The number of carbonyl (C=O) groups excluding carboxylic acids is 2. The van der Waals surface area contributed by atoms with Crippen LogP contribution in [-0.2, 0) is 13.1 Å². The van der Waals surface area contributed by atoms with Crippen LogP contribution in [0.2, 0.25) is 0 Å². The highest BCUT2D eigenvalue weighted by Gasteiger charge is 2.34. The fourth-order valence-corrected chi connectivity index (χ4v) is 5.20. The molecule has 2 aliphatic heterocycles. The van der Waals surface area contributed by atoms with Gasteiger partial charge in [0.15, 0.2) is 0 Å². The Bertz CT molecular complexity index is 892. The highest BCUT2D eigenvalue weighted by atomic mass is 32.1. The van der Waals surface area contributed by atoms with Gasteiger partial charge in [0.25, 0.3) is 11.8 Å². The summed E-state index contributed by atoms with van der Waals surface area (Å²) in [7, 11) is 0. The van der Waals surface area contributed by atoms with Crippen LogP contribution in [0.5, 0.6) is 0 Å². The number of amides is 2. The standard InChI is InChI=1S/C22H27N3O2S/c1-3-24-11-5-6-16(24)13-25-14-20-18(7-4-8-19(20)22(25)27)21(26)23-12-17-10-9-15(2)28-17/h4,7-10,16H,3,5-6,11-14H2,1-2H3,(H,23,26). The SMILES string of the molecule is CCN1CCCC1CN1Cc2c(C(=O)NCc3ccc(C)s3)cccc2C1=O. The van der Waals surface area contributed by atoms with Crippen molar-refractivity contribution in [3.8, 4) is 0 Å². The minimum atomic E-state index is -0.103. The molecule has 0 radical (unpaired) electrons. The minimum Gasteiger partial charge on any atom is -0.347 e. The van der Waals surface area contributed by atoms with Crippen LogP contribution in [0.3, 0.4) is 0 Å². The summed E-state index contributed by atoms with van der Waals surface area (Å²) in [5, 5.41) is 3.01. The van der Waals surface area contributed by atoms with E-state index in [2.05, 4.69) is 30.1 Å². The van der Waals surface area contributed by atoms with Crippen LogP contribution in [-0.4, -0.2) is 47.3 Å². The van der Waals surface area contributed by atoms with Crippen molar-refractivity contribution < 1.29 is 9.59 Å². The van der Waals surface area contributed by atoms with Crippen molar-refractivity contribution in [3.63, 3.8) is 0 Å². The number of aryl methyl sites for hydroxylation is 1. The number of benzene rings is 1. The maximum absolute atomic E-state index is 12.9. The second-order valence-electron chi connectivity index (χ2n) is 7.64. The number of thiophene rings is 1. The Kier molecular flexibility index (Phi) is 5.51. The number of fused-ring (bicyclic) bond motifs is 1. The van der Waals surface area contributed by atoms with Gasteiger partial charge in [-0.15, -0.1) is 11.3 Å². The molecule has 1 N–H and O–H groups in total. The number of nitrogens with one attached hydrogen (secondary N) is 1. The van der Waals surface area contributed by atoms with Crippen LogP contribution in [0, 0.1) is 6.92 Å². The smallest absolute Gasteiger partial charge is 0.254 e. The molecule has 1 saturated heterocycles. The predicted octanol–water partition coefficient (Wildman–Crippen LogP) is 3.43. The second-order valence-corrected chi connectivity index (χ2v) is 9.01. The molecule has 1 unspecified atom stereocenters. The molecule has 1 fully saturated rings. The Morgan fingerprint density at radius 2 is 2.14 bits per heavy atom. The fourth-order valence-electron chi connectivity index (χ4n) is 4.37. The van der Waals surface area contributed by atoms with Crippen LogP contribution < -0.4 is 5.32 Å². The number of likely N-dealkylation sites (tertiary alicyclic amines) is 1. The Morgan fingerprint density at radius 3 is 2.89 bits per heavy atom. The first-order chi connectivity index (χ1) is 13.6. The average Bonchev–Trinajstić information content (AvgIpc) is 3.40. The van der Waals surface area contributed by atoms with Gasteiger partial charge in [-0.2, -0.15) is 0 Å². The molecule has 3 heterocycles. The zero-order valence-corrected chi connectivity index (χ0v) is 17.3. The maximum atomic E-state index is 12.9. The summed E-state index contributed by atoms with van der Waals surface area (Å²) in [5.41, 5.74) is 2.18. The van der Waals surface area contributed by atoms with Gasteiger partial charge in [-0.1, -0.05) is 13.0 Å². The third-order valence-electron chi connectivity index (χ3n) is 5.84. The lowest BCUT2D eigenvalue weighted by molar-refractivity contribution is 0.0730. The molecular formula is C22H27N3O2S. The van der Waals surface area contributed by atoms with Crippen LogP contribution in [0.4, 0.5) is 0 Å². The van der Waals surface area contributed by atoms with Gasteiger partial charge in [-0.3, -0.25) is 14.5 Å². The first kappa shape index (κ1) is 19.2. The fraction of sp³-hybridized carbons (Fsp3) is 0.455. The number of rotatable bonds is 6. The van der Waals surface area contributed by atoms with E-state index in [1.54, 1.807) is 11.3 Å². The highest BCUT2D eigenvalue weighted by molar-refractivity contribution is 7.11. The number of nitrogens with zero attached hydrogens (tertiary/aromatic N) is 2. The molecule has 0 bridgehead atoms. The topological polar surface area (TPSA) is 52.6 Å². The van der Waals surface area contributed by atoms with E-state index in [1.165, 1.54) is 11.3 Å². The molecule has 1 aromatic carbocycles. The number of hydrogen-bond donors (Lipinski definition) is 1. The van der Waals surface area contributed by atoms with Crippen LogP contribution in [0.25, 0.3) is 0 Å². The van der Waals surface area contributed by atoms with E-state index >= 15 is 0 Å². The molecule has 6 heteroatoms. The lowest BCUT2D eigenvalue weighted by Crippen LogP contribution is -2.40. The molecular weight excluding hydrogens is 370 g/mol. The molecule has 2 amide bonds. The van der Waals surface area contributed by atoms with E-state index in [0.717, 1.165) is 36.5 Å². The zero-order chi connectivity index (χ0) is 19.7. The molecule has 1 atom stereocenters. The van der Waals surface area contributed by atoms with Gasteiger partial charge < -0.3 is 10.2 Å².